The molecule has 0 saturated carbocycles. The predicted molar refractivity (Wildman–Crippen MR) is 69.4 cm³/mol. The van der Waals surface area contributed by atoms with Gasteiger partial charge in [-0.2, -0.15) is 0 Å². The van der Waals surface area contributed by atoms with Crippen molar-refractivity contribution in [1.82, 2.24) is 0 Å². The van der Waals surface area contributed by atoms with Crippen molar-refractivity contribution in [3.05, 3.63) is 0 Å². The standard InChI is InChI=1S/C7H16O2.C6H8O4/c1-7(2,3)6-9-5-4-8;1-4(7)3-6(9)10-5(2)8/h8H,4-6H2,1-3H3;3H2,1-2H3. The monoisotopic (exact) mass is 276 g/mol. The molecule has 0 aromatic rings. The van der Waals surface area contributed by atoms with Gasteiger partial charge in [-0.25, -0.2) is 0 Å². The summed E-state index contributed by atoms with van der Waals surface area (Å²) in [5.41, 5.74) is 0.217. The third kappa shape index (κ3) is 22.4. The maximum absolute atomic E-state index is 10.4. The molecule has 0 rings (SSSR count). The van der Waals surface area contributed by atoms with Crippen molar-refractivity contribution in [3.63, 3.8) is 0 Å². The summed E-state index contributed by atoms with van der Waals surface area (Å²) in [7, 11) is 0. The molecule has 0 aliphatic rings. The summed E-state index contributed by atoms with van der Waals surface area (Å²) in [6.07, 6.45) is -0.334. The smallest absolute Gasteiger partial charge is 0.320 e. The molecule has 0 saturated heterocycles. The van der Waals surface area contributed by atoms with E-state index in [1.165, 1.54) is 6.92 Å². The molecule has 0 amide bonds. The molecule has 0 bridgehead atoms. The summed E-state index contributed by atoms with van der Waals surface area (Å²) < 4.78 is 9.16. The Bertz CT molecular complexity index is 272. The zero-order chi connectivity index (χ0) is 15.5. The predicted octanol–water partition coefficient (Wildman–Crippen LogP) is 1.10. The number of rotatable bonds is 5. The zero-order valence-corrected chi connectivity index (χ0v) is 12.3. The second kappa shape index (κ2) is 10.6. The Kier molecular flexibility index (Phi) is 11.2. The average molecular weight is 276 g/mol. The van der Waals surface area contributed by atoms with Crippen molar-refractivity contribution in [2.45, 2.75) is 41.0 Å². The van der Waals surface area contributed by atoms with Crippen molar-refractivity contribution in [2.24, 2.45) is 5.41 Å². The summed E-state index contributed by atoms with van der Waals surface area (Å²) in [5.74, 6) is -1.79. The summed E-state index contributed by atoms with van der Waals surface area (Å²) in [6.45, 7) is 9.96. The van der Waals surface area contributed by atoms with Gasteiger partial charge in [0, 0.05) is 6.92 Å². The molecule has 0 unspecified atom stereocenters. The molecular formula is C13H24O6. The quantitative estimate of drug-likeness (QED) is 0.459. The summed E-state index contributed by atoms with van der Waals surface area (Å²) in [6, 6.07) is 0. The highest BCUT2D eigenvalue weighted by Gasteiger charge is 2.09. The largest absolute Gasteiger partial charge is 0.394 e. The van der Waals surface area contributed by atoms with Crippen molar-refractivity contribution >= 4 is 17.7 Å². The molecule has 0 fully saturated rings. The number of carbonyl (C=O) groups is 3. The molecule has 112 valence electrons. The van der Waals surface area contributed by atoms with Crippen LogP contribution in [0.4, 0.5) is 0 Å². The lowest BCUT2D eigenvalue weighted by Crippen LogP contribution is -2.15. The first kappa shape index (κ1) is 20.1. The third-order valence-electron chi connectivity index (χ3n) is 1.42. The van der Waals surface area contributed by atoms with Crippen LogP contribution in [0.15, 0.2) is 0 Å². The van der Waals surface area contributed by atoms with Crippen molar-refractivity contribution in [2.75, 3.05) is 19.8 Å². The number of esters is 2. The molecule has 6 heteroatoms. The van der Waals surface area contributed by atoms with Gasteiger partial charge in [-0.15, -0.1) is 0 Å². The molecule has 0 radical (unpaired) electrons. The molecule has 0 aromatic heterocycles. The van der Waals surface area contributed by atoms with Crippen LogP contribution >= 0.6 is 0 Å². The van der Waals surface area contributed by atoms with Gasteiger partial charge in [-0.3, -0.25) is 14.4 Å². The van der Waals surface area contributed by atoms with Gasteiger partial charge in [-0.1, -0.05) is 20.8 Å². The Morgan fingerprint density at radius 1 is 1.11 bits per heavy atom. The summed E-state index contributed by atoms with van der Waals surface area (Å²) in [4.78, 5) is 30.7. The lowest BCUT2D eigenvalue weighted by molar-refractivity contribution is -0.158. The van der Waals surface area contributed by atoms with Gasteiger partial charge in [0.1, 0.15) is 12.2 Å². The Hall–Kier alpha value is -1.27. The second-order valence-electron chi connectivity index (χ2n) is 5.18. The van der Waals surface area contributed by atoms with Crippen molar-refractivity contribution in [3.8, 4) is 0 Å². The van der Waals surface area contributed by atoms with Crippen LogP contribution in [-0.2, 0) is 23.9 Å². The summed E-state index contributed by atoms with van der Waals surface area (Å²) in [5, 5.41) is 8.34. The number of aliphatic hydroxyl groups is 1. The third-order valence-corrected chi connectivity index (χ3v) is 1.42. The first-order chi connectivity index (χ1) is 8.58. The fourth-order valence-electron chi connectivity index (χ4n) is 0.843. The van der Waals surface area contributed by atoms with Crippen molar-refractivity contribution in [1.29, 1.82) is 0 Å². The van der Waals surface area contributed by atoms with Crippen molar-refractivity contribution < 1.29 is 29.0 Å². The Morgan fingerprint density at radius 3 is 1.95 bits per heavy atom. The lowest BCUT2D eigenvalue weighted by Gasteiger charge is -2.17. The number of aliphatic hydroxyl groups excluding tert-OH is 1. The zero-order valence-electron chi connectivity index (χ0n) is 12.3. The van der Waals surface area contributed by atoms with Gasteiger partial charge >= 0.3 is 11.9 Å². The van der Waals surface area contributed by atoms with Crippen LogP contribution in [0, 0.1) is 5.41 Å². The highest BCUT2D eigenvalue weighted by molar-refractivity contribution is 5.97. The van der Waals surface area contributed by atoms with Gasteiger partial charge in [0.05, 0.1) is 19.8 Å². The van der Waals surface area contributed by atoms with Gasteiger partial charge < -0.3 is 14.6 Å². The highest BCUT2D eigenvalue weighted by Crippen LogP contribution is 2.12. The Labute approximate surface area is 114 Å². The van der Waals surface area contributed by atoms with Crippen LogP contribution in [0.3, 0.4) is 0 Å². The molecule has 1 N–H and O–H groups in total. The number of carbonyl (C=O) groups excluding carboxylic acids is 3. The topological polar surface area (TPSA) is 89.9 Å². The maximum atomic E-state index is 10.4. The number of Topliss-reactive ketones (excluding diaryl/α,β-unsaturated/α-hetero) is 1. The molecule has 0 spiro atoms. The molecular weight excluding hydrogens is 252 g/mol. The lowest BCUT2D eigenvalue weighted by atomic mass is 9.99. The number of ketones is 1. The number of hydrogen-bond acceptors (Lipinski definition) is 6. The van der Waals surface area contributed by atoms with E-state index in [-0.39, 0.29) is 24.2 Å². The Balaban J connectivity index is 0. The van der Waals surface area contributed by atoms with E-state index >= 15 is 0 Å². The van der Waals surface area contributed by atoms with Gasteiger partial charge in [0.25, 0.3) is 0 Å². The van der Waals surface area contributed by atoms with Gasteiger partial charge in [0.2, 0.25) is 0 Å². The van der Waals surface area contributed by atoms with Gasteiger partial charge in [-0.05, 0) is 12.3 Å². The molecule has 0 aliphatic carbocycles. The van der Waals surface area contributed by atoms with E-state index < -0.39 is 11.9 Å². The number of ether oxygens (including phenoxy) is 2. The van der Waals surface area contributed by atoms with E-state index in [2.05, 4.69) is 25.5 Å². The highest BCUT2D eigenvalue weighted by atomic mass is 16.6. The Morgan fingerprint density at radius 2 is 1.63 bits per heavy atom. The van der Waals surface area contributed by atoms with E-state index in [4.69, 9.17) is 9.84 Å². The van der Waals surface area contributed by atoms with Crippen LogP contribution in [0.1, 0.15) is 41.0 Å². The average Bonchev–Trinajstić information content (AvgIpc) is 2.13. The molecule has 6 nitrogen and oxygen atoms in total. The van der Waals surface area contributed by atoms with Crippen LogP contribution in [0.25, 0.3) is 0 Å². The molecule has 0 aliphatic heterocycles. The first-order valence-electron chi connectivity index (χ1n) is 5.97. The van der Waals surface area contributed by atoms with E-state index in [1.54, 1.807) is 0 Å². The van der Waals surface area contributed by atoms with E-state index in [9.17, 15) is 14.4 Å². The van der Waals surface area contributed by atoms with E-state index in [0.717, 1.165) is 6.92 Å². The second-order valence-corrected chi connectivity index (χ2v) is 5.18. The minimum atomic E-state index is -0.792. The van der Waals surface area contributed by atoms with E-state index in [0.29, 0.717) is 13.2 Å². The minimum absolute atomic E-state index is 0.121. The molecule has 0 aromatic carbocycles. The van der Waals surface area contributed by atoms with E-state index in [1.807, 2.05) is 0 Å². The fourth-order valence-corrected chi connectivity index (χ4v) is 0.843. The van der Waals surface area contributed by atoms with Gasteiger partial charge in [0.15, 0.2) is 0 Å². The first-order valence-corrected chi connectivity index (χ1v) is 5.97. The number of hydrogen-bond donors (Lipinski definition) is 1. The van der Waals surface area contributed by atoms with Crippen LogP contribution < -0.4 is 0 Å². The van der Waals surface area contributed by atoms with Crippen LogP contribution in [0.5, 0.6) is 0 Å². The molecule has 19 heavy (non-hydrogen) atoms. The fraction of sp³-hybridized carbons (Fsp3) is 0.769. The molecule has 0 atom stereocenters. The molecule has 0 heterocycles. The van der Waals surface area contributed by atoms with Crippen LogP contribution in [-0.4, -0.2) is 42.6 Å². The summed E-state index contributed by atoms with van der Waals surface area (Å²) >= 11 is 0. The normalized spacial score (nSPS) is 10.2. The van der Waals surface area contributed by atoms with Crippen LogP contribution in [0.2, 0.25) is 0 Å². The maximum Gasteiger partial charge on any atom is 0.320 e. The minimum Gasteiger partial charge on any atom is -0.394 e. The SMILES string of the molecule is CC(=O)CC(=O)OC(C)=O.CC(C)(C)COCCO.